The molecule has 7 nitrogen and oxygen atoms in total. The van der Waals surface area contributed by atoms with E-state index >= 15 is 0 Å². The van der Waals surface area contributed by atoms with E-state index in [4.69, 9.17) is 4.74 Å². The van der Waals surface area contributed by atoms with Crippen LogP contribution in [0.25, 0.3) is 0 Å². The number of carbonyl (C=O) groups excluding carboxylic acids is 1. The van der Waals surface area contributed by atoms with Crippen molar-refractivity contribution in [3.8, 4) is 5.75 Å². The summed E-state index contributed by atoms with van der Waals surface area (Å²) in [5.74, 6) is 0.178. The van der Waals surface area contributed by atoms with Gasteiger partial charge in [-0.1, -0.05) is 45.0 Å². The minimum absolute atomic E-state index is 0.0320. The van der Waals surface area contributed by atoms with Gasteiger partial charge in [-0.15, -0.1) is 0 Å². The summed E-state index contributed by atoms with van der Waals surface area (Å²) in [6.07, 6.45) is 0. The molecule has 0 aliphatic heterocycles. The number of benzene rings is 2. The second-order valence-electron chi connectivity index (χ2n) is 7.10. The molecular weight excluding hydrogens is 346 g/mol. The van der Waals surface area contributed by atoms with Crippen LogP contribution < -0.4 is 10.2 Å². The zero-order chi connectivity index (χ0) is 20.0. The number of rotatable bonds is 6. The Labute approximate surface area is 158 Å². The van der Waals surface area contributed by atoms with Crippen LogP contribution in [0.1, 0.15) is 38.8 Å². The molecule has 7 heteroatoms. The Balaban J connectivity index is 1.91. The van der Waals surface area contributed by atoms with Crippen LogP contribution in [-0.4, -0.2) is 23.1 Å². The molecule has 0 aliphatic rings. The van der Waals surface area contributed by atoms with Crippen molar-refractivity contribution in [3.63, 3.8) is 0 Å². The molecule has 0 saturated heterocycles. The van der Waals surface area contributed by atoms with Crippen molar-refractivity contribution in [3.05, 3.63) is 69.8 Å². The molecule has 142 valence electrons. The van der Waals surface area contributed by atoms with Crippen molar-refractivity contribution >= 4 is 17.3 Å². The standard InChI is InChI=1S/C20H23N3O4/c1-14(15-6-5-7-17(12-15)23(25)26)21-22-19(24)13-27-18-10-8-16(9-11-18)20(2,3)4/h5-12H,13H2,1-4H3,(H,22,24)/b21-14+. The van der Waals surface area contributed by atoms with Crippen LogP contribution in [0, 0.1) is 10.1 Å². The molecule has 2 rings (SSSR count). The molecule has 27 heavy (non-hydrogen) atoms. The highest BCUT2D eigenvalue weighted by Gasteiger charge is 2.13. The van der Waals surface area contributed by atoms with Crippen molar-refractivity contribution in [1.82, 2.24) is 5.43 Å². The topological polar surface area (TPSA) is 93.8 Å². The molecule has 0 spiro atoms. The summed E-state index contributed by atoms with van der Waals surface area (Å²) in [5, 5.41) is 14.8. The van der Waals surface area contributed by atoms with Crippen LogP contribution in [0.2, 0.25) is 0 Å². The van der Waals surface area contributed by atoms with E-state index in [1.165, 1.54) is 17.7 Å². The van der Waals surface area contributed by atoms with E-state index in [2.05, 4.69) is 31.3 Å². The van der Waals surface area contributed by atoms with Gasteiger partial charge in [-0.2, -0.15) is 5.10 Å². The van der Waals surface area contributed by atoms with Crippen LogP contribution in [0.5, 0.6) is 5.75 Å². The number of ether oxygens (including phenoxy) is 1. The monoisotopic (exact) mass is 369 g/mol. The van der Waals surface area contributed by atoms with Crippen LogP contribution >= 0.6 is 0 Å². The Bertz CT molecular complexity index is 852. The highest BCUT2D eigenvalue weighted by atomic mass is 16.6. The predicted octanol–water partition coefficient (Wildman–Crippen LogP) is 3.81. The van der Waals surface area contributed by atoms with Gasteiger partial charge in [0.05, 0.1) is 10.6 Å². The van der Waals surface area contributed by atoms with Crippen molar-refractivity contribution in [2.24, 2.45) is 5.10 Å². The second kappa shape index (κ2) is 8.44. The summed E-state index contributed by atoms with van der Waals surface area (Å²) in [7, 11) is 0. The predicted molar refractivity (Wildman–Crippen MR) is 104 cm³/mol. The number of hydrogen-bond acceptors (Lipinski definition) is 5. The molecule has 1 amide bonds. The van der Waals surface area contributed by atoms with E-state index in [0.717, 1.165) is 0 Å². The molecule has 0 atom stereocenters. The lowest BCUT2D eigenvalue weighted by Gasteiger charge is -2.19. The van der Waals surface area contributed by atoms with Crippen molar-refractivity contribution in [2.45, 2.75) is 33.1 Å². The quantitative estimate of drug-likeness (QED) is 0.476. The molecule has 0 fully saturated rings. The summed E-state index contributed by atoms with van der Waals surface area (Å²) in [6.45, 7) is 7.85. The van der Waals surface area contributed by atoms with Gasteiger partial charge >= 0.3 is 0 Å². The van der Waals surface area contributed by atoms with Crippen molar-refractivity contribution in [2.75, 3.05) is 6.61 Å². The number of nitrogens with one attached hydrogen (secondary N) is 1. The molecule has 1 N–H and O–H groups in total. The zero-order valence-electron chi connectivity index (χ0n) is 15.9. The zero-order valence-corrected chi connectivity index (χ0v) is 15.9. The maximum atomic E-state index is 11.9. The number of nitrogens with zero attached hydrogens (tertiary/aromatic N) is 2. The number of carbonyl (C=O) groups is 1. The first-order valence-corrected chi connectivity index (χ1v) is 8.48. The first-order chi connectivity index (χ1) is 12.7. The maximum Gasteiger partial charge on any atom is 0.277 e. The summed E-state index contributed by atoms with van der Waals surface area (Å²) in [5.41, 5.74) is 4.60. The third-order valence-electron chi connectivity index (χ3n) is 3.91. The van der Waals surface area contributed by atoms with Crippen LogP contribution in [0.4, 0.5) is 5.69 Å². The van der Waals surface area contributed by atoms with Gasteiger partial charge < -0.3 is 4.74 Å². The van der Waals surface area contributed by atoms with Crippen LogP contribution in [-0.2, 0) is 10.2 Å². The Morgan fingerprint density at radius 3 is 2.44 bits per heavy atom. The smallest absolute Gasteiger partial charge is 0.277 e. The normalized spacial score (nSPS) is 11.8. The summed E-state index contributed by atoms with van der Waals surface area (Å²) in [4.78, 5) is 22.2. The van der Waals surface area contributed by atoms with Crippen LogP contribution in [0.3, 0.4) is 0 Å². The second-order valence-corrected chi connectivity index (χ2v) is 7.10. The summed E-state index contributed by atoms with van der Waals surface area (Å²) in [6, 6.07) is 13.6. The van der Waals surface area contributed by atoms with Gasteiger partial charge in [0.25, 0.3) is 11.6 Å². The Hall–Kier alpha value is -3.22. The fourth-order valence-corrected chi connectivity index (χ4v) is 2.29. The largest absolute Gasteiger partial charge is 0.484 e. The lowest BCUT2D eigenvalue weighted by Crippen LogP contribution is -2.25. The average Bonchev–Trinajstić information content (AvgIpc) is 2.64. The molecule has 0 unspecified atom stereocenters. The number of amides is 1. The molecule has 0 aromatic heterocycles. The molecule has 0 heterocycles. The fourth-order valence-electron chi connectivity index (χ4n) is 2.29. The van der Waals surface area contributed by atoms with Gasteiger partial charge in [0.15, 0.2) is 6.61 Å². The van der Waals surface area contributed by atoms with E-state index in [-0.39, 0.29) is 17.7 Å². The van der Waals surface area contributed by atoms with Crippen LogP contribution in [0.15, 0.2) is 53.6 Å². The van der Waals surface area contributed by atoms with Gasteiger partial charge in [0.1, 0.15) is 5.75 Å². The SMILES string of the molecule is C/C(=N\NC(=O)COc1ccc(C(C)(C)C)cc1)c1cccc([N+](=O)[O-])c1. The molecule has 2 aromatic carbocycles. The van der Waals surface area contributed by atoms with Gasteiger partial charge in [0, 0.05) is 17.7 Å². The molecule has 0 aliphatic carbocycles. The van der Waals surface area contributed by atoms with Gasteiger partial charge in [-0.3, -0.25) is 14.9 Å². The minimum Gasteiger partial charge on any atom is -0.484 e. The fraction of sp³-hybridized carbons (Fsp3) is 0.300. The third-order valence-corrected chi connectivity index (χ3v) is 3.91. The minimum atomic E-state index is -0.478. The van der Waals surface area contributed by atoms with Gasteiger partial charge in [-0.25, -0.2) is 5.43 Å². The first-order valence-electron chi connectivity index (χ1n) is 8.48. The highest BCUT2D eigenvalue weighted by Crippen LogP contribution is 2.24. The molecule has 0 bridgehead atoms. The Morgan fingerprint density at radius 1 is 1.19 bits per heavy atom. The van der Waals surface area contributed by atoms with E-state index in [1.54, 1.807) is 19.1 Å². The molecule has 2 aromatic rings. The van der Waals surface area contributed by atoms with E-state index in [1.807, 2.05) is 24.3 Å². The number of hydrazone groups is 1. The lowest BCUT2D eigenvalue weighted by molar-refractivity contribution is -0.384. The summed E-state index contributed by atoms with van der Waals surface area (Å²) >= 11 is 0. The average molecular weight is 369 g/mol. The van der Waals surface area contributed by atoms with Crippen molar-refractivity contribution < 1.29 is 14.5 Å². The number of non-ortho nitro benzene ring substituents is 1. The summed E-state index contributed by atoms with van der Waals surface area (Å²) < 4.78 is 5.45. The number of nitro groups is 1. The maximum absolute atomic E-state index is 11.9. The van der Waals surface area contributed by atoms with E-state index < -0.39 is 10.8 Å². The van der Waals surface area contributed by atoms with E-state index in [0.29, 0.717) is 17.0 Å². The number of hydrogen-bond donors (Lipinski definition) is 1. The van der Waals surface area contributed by atoms with E-state index in [9.17, 15) is 14.9 Å². The molecular formula is C20H23N3O4. The Kier molecular flexibility index (Phi) is 6.28. The van der Waals surface area contributed by atoms with Gasteiger partial charge in [0.2, 0.25) is 0 Å². The first kappa shape index (κ1) is 20.1. The third kappa shape index (κ3) is 5.91. The Morgan fingerprint density at radius 2 is 1.85 bits per heavy atom. The lowest BCUT2D eigenvalue weighted by atomic mass is 9.87. The highest BCUT2D eigenvalue weighted by molar-refractivity contribution is 5.99. The van der Waals surface area contributed by atoms with Gasteiger partial charge in [-0.05, 0) is 30.0 Å². The number of nitro benzene ring substituents is 1. The van der Waals surface area contributed by atoms with Crippen molar-refractivity contribution in [1.29, 1.82) is 0 Å². The molecule has 0 saturated carbocycles. The molecule has 0 radical (unpaired) electrons.